The zero-order valence-corrected chi connectivity index (χ0v) is 43.3. The summed E-state index contributed by atoms with van der Waals surface area (Å²) >= 11 is 0. The number of hydrogen-bond donors (Lipinski definition) is 9. The van der Waals surface area contributed by atoms with E-state index in [-0.39, 0.29) is 97.2 Å². The normalized spacial score (nSPS) is 11.7. The molecule has 0 spiro atoms. The third-order valence-electron chi connectivity index (χ3n) is 9.30. The number of alkyl halides is 9. The van der Waals surface area contributed by atoms with Gasteiger partial charge in [-0.3, -0.25) is 19.2 Å². The lowest BCUT2D eigenvalue weighted by Gasteiger charge is -2.19. The van der Waals surface area contributed by atoms with Crippen molar-refractivity contribution in [3.8, 4) is 0 Å². The number of hydrogen-bond acceptors (Lipinski definition) is 12. The first-order valence-corrected chi connectivity index (χ1v) is 22.4. The van der Waals surface area contributed by atoms with Crippen LogP contribution in [0.25, 0.3) is 33.1 Å². The highest BCUT2D eigenvalue weighted by Gasteiger charge is 2.36. The van der Waals surface area contributed by atoms with E-state index in [9.17, 15) is 63.5 Å². The molecule has 0 saturated carbocycles. The first-order chi connectivity index (χ1) is 34.4. The lowest BCUT2D eigenvalue weighted by Crippen LogP contribution is -2.39. The highest BCUT2D eigenvalue weighted by molar-refractivity contribution is 5.86. The van der Waals surface area contributed by atoms with Crippen molar-refractivity contribution in [2.45, 2.75) is 125 Å². The summed E-state index contributed by atoms with van der Waals surface area (Å²) in [5, 5.41) is 15.4. The second-order valence-electron chi connectivity index (χ2n) is 18.5. The Kier molecular flexibility index (Phi) is 22.7. The van der Waals surface area contributed by atoms with E-state index >= 15 is 0 Å². The number of esters is 1. The number of H-pyrrole nitrogens is 3. The molecule has 0 aliphatic rings. The van der Waals surface area contributed by atoms with Gasteiger partial charge in [-0.05, 0) is 115 Å². The Morgan fingerprint density at radius 3 is 1.24 bits per heavy atom. The number of carboxylic acid groups (broad SMARTS) is 1. The van der Waals surface area contributed by atoms with Crippen molar-refractivity contribution >= 4 is 75.4 Å². The highest BCUT2D eigenvalue weighted by Crippen LogP contribution is 2.37. The summed E-state index contributed by atoms with van der Waals surface area (Å²) in [4.78, 5) is 75.2. The number of carbonyl (C=O) groups excluding carboxylic acids is 4. The van der Waals surface area contributed by atoms with Gasteiger partial charge in [0.1, 0.15) is 51.8 Å². The largest absolute Gasteiger partial charge is 0.481 e. The van der Waals surface area contributed by atoms with Crippen molar-refractivity contribution in [1.82, 2.24) is 45.9 Å². The average Bonchev–Trinajstić information content (AvgIpc) is 4.00. The smallest absolute Gasteiger partial charge is 0.418 e. The number of ether oxygens (including phenoxy) is 2. The molecular formula is C47H59ClF9N11O8. The number of aromatic amines is 3. The minimum Gasteiger partial charge on any atom is -0.481 e. The molecule has 76 heavy (non-hydrogen) atoms. The number of carboxylic acids is 1. The van der Waals surface area contributed by atoms with Crippen molar-refractivity contribution in [3.63, 3.8) is 0 Å². The number of fused-ring (bicyclic) bond motifs is 3. The Hall–Kier alpha value is -7.20. The van der Waals surface area contributed by atoms with E-state index in [0.717, 1.165) is 18.2 Å². The number of alkyl carbamates (subject to hydrolysis) is 1. The predicted octanol–water partition coefficient (Wildman–Crippen LogP) is 8.46. The molecule has 3 aromatic heterocycles. The number of imidazole rings is 3. The first-order valence-electron chi connectivity index (χ1n) is 22.4. The number of nitrogens with one attached hydrogen (secondary N) is 6. The van der Waals surface area contributed by atoms with Crippen molar-refractivity contribution in [3.05, 3.63) is 87.3 Å². The minimum atomic E-state index is -4.53. The minimum absolute atomic E-state index is 0. The van der Waals surface area contributed by atoms with Gasteiger partial charge in [0.25, 0.3) is 0 Å². The maximum atomic E-state index is 13.1. The monoisotopic (exact) mass is 1110 g/mol. The zero-order valence-electron chi connectivity index (χ0n) is 42.5. The van der Waals surface area contributed by atoms with Crippen LogP contribution >= 0.6 is 12.4 Å². The number of aromatic nitrogens is 6. The van der Waals surface area contributed by atoms with Gasteiger partial charge in [0.15, 0.2) is 0 Å². The lowest BCUT2D eigenvalue weighted by molar-refractivity contribution is -0.157. The summed E-state index contributed by atoms with van der Waals surface area (Å²) in [7, 11) is 0. The molecule has 3 aromatic carbocycles. The Balaban J connectivity index is 0.000000360. The predicted molar refractivity (Wildman–Crippen MR) is 262 cm³/mol. The van der Waals surface area contributed by atoms with Crippen LogP contribution in [-0.4, -0.2) is 89.1 Å². The maximum Gasteiger partial charge on any atom is 0.418 e. The van der Waals surface area contributed by atoms with Crippen LogP contribution in [0.3, 0.4) is 0 Å². The molecule has 0 fully saturated rings. The number of nitrogens with two attached hydrogens (primary N) is 2. The number of carbonyl (C=O) groups is 5. The molecule has 420 valence electrons. The van der Waals surface area contributed by atoms with E-state index in [1.165, 1.54) is 0 Å². The fraction of sp³-hybridized carbons (Fsp3) is 0.447. The van der Waals surface area contributed by atoms with Crippen molar-refractivity contribution in [1.29, 1.82) is 0 Å². The Morgan fingerprint density at radius 1 is 0.553 bits per heavy atom. The number of benzene rings is 3. The fourth-order valence-corrected chi connectivity index (χ4v) is 6.42. The van der Waals surface area contributed by atoms with Crippen molar-refractivity contribution in [2.24, 2.45) is 11.5 Å². The van der Waals surface area contributed by atoms with Crippen molar-refractivity contribution in [2.75, 3.05) is 13.1 Å². The van der Waals surface area contributed by atoms with Crippen LogP contribution < -0.4 is 27.4 Å². The van der Waals surface area contributed by atoms with Gasteiger partial charge in [0.2, 0.25) is 11.8 Å². The number of halogens is 10. The molecule has 0 atom stereocenters. The van der Waals surface area contributed by atoms with Crippen LogP contribution in [0.1, 0.15) is 105 Å². The van der Waals surface area contributed by atoms with Crippen LogP contribution in [0.4, 0.5) is 44.3 Å². The molecule has 0 unspecified atom stereocenters. The molecule has 0 bridgehead atoms. The second-order valence-corrected chi connectivity index (χ2v) is 18.5. The number of amides is 3. The van der Waals surface area contributed by atoms with Crippen LogP contribution in [-0.2, 0) is 66.8 Å². The molecule has 29 heteroatoms. The van der Waals surface area contributed by atoms with E-state index in [2.05, 4.69) is 45.9 Å². The summed E-state index contributed by atoms with van der Waals surface area (Å²) in [5.74, 6) is -1.62. The Labute approximate surface area is 434 Å². The molecule has 11 N–H and O–H groups in total. The summed E-state index contributed by atoms with van der Waals surface area (Å²) in [6.07, 6.45) is -14.4. The third kappa shape index (κ3) is 21.2. The van der Waals surface area contributed by atoms with E-state index in [4.69, 9.17) is 26.0 Å². The highest BCUT2D eigenvalue weighted by atomic mass is 35.5. The molecular weight excluding hydrogens is 1050 g/mol. The quantitative estimate of drug-likeness (QED) is 0.0435. The van der Waals surface area contributed by atoms with Crippen LogP contribution in [0.15, 0.2) is 36.4 Å². The number of aliphatic carboxylic acids is 1. The fourth-order valence-electron chi connectivity index (χ4n) is 6.42. The summed E-state index contributed by atoms with van der Waals surface area (Å²) < 4.78 is 126. The van der Waals surface area contributed by atoms with Gasteiger partial charge in [0.05, 0.1) is 72.3 Å². The molecule has 6 rings (SSSR count). The molecule has 0 saturated heterocycles. The lowest BCUT2D eigenvalue weighted by atomic mass is 10.1. The van der Waals surface area contributed by atoms with Gasteiger partial charge in [0, 0.05) is 0 Å². The van der Waals surface area contributed by atoms with Crippen LogP contribution in [0.5, 0.6) is 0 Å². The molecule has 0 aliphatic carbocycles. The van der Waals surface area contributed by atoms with Gasteiger partial charge in [-0.25, -0.2) is 19.7 Å². The third-order valence-corrected chi connectivity index (χ3v) is 9.30. The SMILES string of the molecule is CC(C)(C)OC(=O)CCC(=O)O.Cc1cc(C(F)(F)F)c2nc(CN)[nH]c2c1.Cc1cc(C(F)(F)F)c2nc(CNC(=O)CN)[nH]c2c1.Cc1cc(C(F)(F)F)c2nc(CNC(=O)CNC(=O)OC(C)(C)C)[nH]c2c1.Cl. The van der Waals surface area contributed by atoms with Crippen LogP contribution in [0, 0.1) is 20.8 Å². The zero-order chi connectivity index (χ0) is 57.0. The number of aryl methyl sites for hydroxylation is 3. The van der Waals surface area contributed by atoms with Gasteiger partial charge in [-0.15, -0.1) is 12.4 Å². The van der Waals surface area contributed by atoms with Crippen LogP contribution in [0.2, 0.25) is 0 Å². The molecule has 0 aliphatic heterocycles. The standard InChI is InChI=1S/C17H21F3N4O3.C12H13F3N4O.C10H10F3N3.C8H14O4.ClH/c1-9-5-10(17(18,19)20)14-11(6-9)23-12(24-14)7-21-13(25)8-22-15(26)27-16(2,3)4;1-6-2-7(12(13,14)15)11-8(3-6)18-9(19-11)5-17-10(20)4-16;1-5-2-6(10(11,12)13)9-7(3-5)15-8(4-14)16-9;1-8(2,3)12-7(11)5-4-6(9)10;/h5-6H,7-8H2,1-4H3,(H,21,25)(H,22,26)(H,23,24);2-3H,4-5,16H2,1H3,(H,17,20)(H,18,19);2-3H,4,14H2,1H3,(H,15,16);4-5H2,1-3H3,(H,9,10);1H. The second kappa shape index (κ2) is 26.5. The van der Waals surface area contributed by atoms with E-state index in [1.54, 1.807) is 80.5 Å². The molecule has 3 heterocycles. The maximum absolute atomic E-state index is 13.1. The van der Waals surface area contributed by atoms with Gasteiger partial charge >= 0.3 is 36.6 Å². The van der Waals surface area contributed by atoms with E-state index < -0.39 is 76.3 Å². The summed E-state index contributed by atoms with van der Waals surface area (Å²) in [5.41, 5.74) is 8.80. The summed E-state index contributed by atoms with van der Waals surface area (Å²) in [6, 6.07) is 7.90. The van der Waals surface area contributed by atoms with Gasteiger partial charge in [-0.1, -0.05) is 0 Å². The van der Waals surface area contributed by atoms with Gasteiger partial charge in [-0.2, -0.15) is 39.5 Å². The van der Waals surface area contributed by atoms with Gasteiger partial charge < -0.3 is 56.9 Å². The molecule has 0 radical (unpaired) electrons. The Morgan fingerprint density at radius 2 is 0.908 bits per heavy atom. The topological polar surface area (TPSA) is 298 Å². The number of rotatable bonds is 11. The van der Waals surface area contributed by atoms with Crippen molar-refractivity contribution < 1.29 is 78.1 Å². The number of nitrogens with zero attached hydrogens (tertiary/aromatic N) is 3. The van der Waals surface area contributed by atoms with E-state index in [1.807, 2.05) is 0 Å². The first kappa shape index (κ1) is 64.9. The Bertz CT molecular complexity index is 2970. The van der Waals surface area contributed by atoms with E-state index in [0.29, 0.717) is 28.0 Å². The summed E-state index contributed by atoms with van der Waals surface area (Å²) in [6.45, 7) is 14.5. The molecule has 3 amide bonds. The molecule has 19 nitrogen and oxygen atoms in total. The molecule has 6 aromatic rings. The average molecular weight is 1110 g/mol.